The van der Waals surface area contributed by atoms with Gasteiger partial charge in [0.05, 0.1) is 7.11 Å². The van der Waals surface area contributed by atoms with Crippen LogP contribution in [0.3, 0.4) is 0 Å². The van der Waals surface area contributed by atoms with Gasteiger partial charge in [-0.2, -0.15) is 0 Å². The number of rotatable bonds is 5. The van der Waals surface area contributed by atoms with E-state index in [-0.39, 0.29) is 5.91 Å². The fourth-order valence-corrected chi connectivity index (χ4v) is 3.26. The maximum Gasteiger partial charge on any atom is 0.407 e. The van der Waals surface area contributed by atoms with Gasteiger partial charge in [0.25, 0.3) is 5.91 Å². The molecule has 1 aromatic heterocycles. The SMILES string of the molecule is COC(=O)NCc1ccc(CN2CCN(C)c3nc(SC)ncc3C2=O)cc1. The molecule has 1 aliphatic rings. The lowest BCUT2D eigenvalue weighted by Gasteiger charge is -2.21. The van der Waals surface area contributed by atoms with Crippen LogP contribution in [0.25, 0.3) is 0 Å². The zero-order valence-electron chi connectivity index (χ0n) is 16.1. The van der Waals surface area contributed by atoms with E-state index >= 15 is 0 Å². The van der Waals surface area contributed by atoms with Gasteiger partial charge in [0.2, 0.25) is 0 Å². The van der Waals surface area contributed by atoms with E-state index in [4.69, 9.17) is 0 Å². The fraction of sp³-hybridized carbons (Fsp3) is 0.368. The number of fused-ring (bicyclic) bond motifs is 1. The number of methoxy groups -OCH3 is 1. The van der Waals surface area contributed by atoms with Crippen LogP contribution in [0.1, 0.15) is 21.5 Å². The van der Waals surface area contributed by atoms with Crippen molar-refractivity contribution in [3.63, 3.8) is 0 Å². The third-order valence-corrected chi connectivity index (χ3v) is 5.09. The first-order valence-corrected chi connectivity index (χ1v) is 10.1. The first-order chi connectivity index (χ1) is 13.5. The van der Waals surface area contributed by atoms with Crippen molar-refractivity contribution in [3.05, 3.63) is 47.2 Å². The average molecular weight is 401 g/mol. The highest BCUT2D eigenvalue weighted by Gasteiger charge is 2.27. The predicted octanol–water partition coefficient (Wildman–Crippen LogP) is 2.15. The summed E-state index contributed by atoms with van der Waals surface area (Å²) in [6.45, 7) is 2.20. The van der Waals surface area contributed by atoms with Crippen LogP contribution in [0.15, 0.2) is 35.6 Å². The number of aromatic nitrogens is 2. The molecule has 2 aromatic rings. The molecule has 0 bridgehead atoms. The third kappa shape index (κ3) is 4.53. The molecule has 0 atom stereocenters. The molecule has 8 nitrogen and oxygen atoms in total. The van der Waals surface area contributed by atoms with Gasteiger partial charge in [-0.05, 0) is 17.4 Å². The van der Waals surface area contributed by atoms with E-state index in [1.165, 1.54) is 18.9 Å². The second-order valence-electron chi connectivity index (χ2n) is 6.40. The standard InChI is InChI=1S/C19H23N5O3S/c1-23-8-9-24(17(25)15-11-20-18(28-3)22-16(15)23)12-14-6-4-13(5-7-14)10-21-19(26)27-2/h4-7,11H,8-10,12H2,1-3H3,(H,21,26). The zero-order chi connectivity index (χ0) is 20.1. The predicted molar refractivity (Wildman–Crippen MR) is 108 cm³/mol. The van der Waals surface area contributed by atoms with Crippen LogP contribution in [0, 0.1) is 0 Å². The van der Waals surface area contributed by atoms with E-state index in [0.29, 0.717) is 42.7 Å². The van der Waals surface area contributed by atoms with Crippen LogP contribution in [0.4, 0.5) is 10.6 Å². The topological polar surface area (TPSA) is 87.7 Å². The monoisotopic (exact) mass is 401 g/mol. The molecule has 9 heteroatoms. The van der Waals surface area contributed by atoms with Crippen molar-refractivity contribution in [1.82, 2.24) is 20.2 Å². The van der Waals surface area contributed by atoms with Gasteiger partial charge in [0, 0.05) is 39.4 Å². The van der Waals surface area contributed by atoms with Gasteiger partial charge in [0.1, 0.15) is 11.4 Å². The summed E-state index contributed by atoms with van der Waals surface area (Å²) in [6, 6.07) is 7.79. The van der Waals surface area contributed by atoms with Crippen molar-refractivity contribution < 1.29 is 14.3 Å². The fourth-order valence-electron chi connectivity index (χ4n) is 2.93. The van der Waals surface area contributed by atoms with Crippen molar-refractivity contribution in [3.8, 4) is 0 Å². The Morgan fingerprint density at radius 2 is 1.96 bits per heavy atom. The molecule has 3 rings (SSSR count). The van der Waals surface area contributed by atoms with Crippen LogP contribution in [0.2, 0.25) is 0 Å². The Labute approximate surface area is 168 Å². The number of benzene rings is 1. The number of anilines is 1. The average Bonchev–Trinajstić information content (AvgIpc) is 2.84. The molecule has 1 N–H and O–H groups in total. The number of carbonyl (C=O) groups excluding carboxylic acids is 2. The Balaban J connectivity index is 1.72. The summed E-state index contributed by atoms with van der Waals surface area (Å²) in [6.07, 6.45) is 3.07. The number of amides is 2. The second-order valence-corrected chi connectivity index (χ2v) is 7.18. The zero-order valence-corrected chi connectivity index (χ0v) is 17.0. The Morgan fingerprint density at radius 3 is 2.64 bits per heavy atom. The Morgan fingerprint density at radius 1 is 1.25 bits per heavy atom. The van der Waals surface area contributed by atoms with Gasteiger partial charge < -0.3 is 19.9 Å². The molecule has 2 heterocycles. The number of alkyl carbamates (subject to hydrolysis) is 1. The number of carbonyl (C=O) groups is 2. The minimum atomic E-state index is -0.464. The van der Waals surface area contributed by atoms with Crippen LogP contribution in [0.5, 0.6) is 0 Å². The van der Waals surface area contributed by atoms with E-state index in [2.05, 4.69) is 20.0 Å². The van der Waals surface area contributed by atoms with Crippen molar-refractivity contribution in [2.45, 2.75) is 18.2 Å². The molecule has 148 valence electrons. The molecular formula is C19H23N5O3S. The molecule has 28 heavy (non-hydrogen) atoms. The summed E-state index contributed by atoms with van der Waals surface area (Å²) in [5.41, 5.74) is 2.50. The minimum Gasteiger partial charge on any atom is -0.453 e. The van der Waals surface area contributed by atoms with E-state index in [0.717, 1.165) is 11.1 Å². The molecule has 0 saturated heterocycles. The van der Waals surface area contributed by atoms with Crippen molar-refractivity contribution in [2.24, 2.45) is 0 Å². The lowest BCUT2D eigenvalue weighted by molar-refractivity contribution is 0.0754. The largest absolute Gasteiger partial charge is 0.453 e. The Hall–Kier alpha value is -2.81. The van der Waals surface area contributed by atoms with Gasteiger partial charge in [-0.15, -0.1) is 0 Å². The summed E-state index contributed by atoms with van der Waals surface area (Å²) in [5, 5.41) is 3.30. The van der Waals surface area contributed by atoms with Crippen LogP contribution in [-0.4, -0.2) is 60.4 Å². The first-order valence-electron chi connectivity index (χ1n) is 8.83. The summed E-state index contributed by atoms with van der Waals surface area (Å²) in [7, 11) is 3.27. The Kier molecular flexibility index (Phi) is 6.35. The summed E-state index contributed by atoms with van der Waals surface area (Å²) in [5.74, 6) is 0.611. The number of ether oxygens (including phenoxy) is 1. The summed E-state index contributed by atoms with van der Waals surface area (Å²) in [4.78, 5) is 36.7. The highest BCUT2D eigenvalue weighted by atomic mass is 32.2. The number of nitrogens with zero attached hydrogens (tertiary/aromatic N) is 4. The van der Waals surface area contributed by atoms with E-state index in [9.17, 15) is 9.59 Å². The Bertz CT molecular complexity index is 859. The number of hydrogen-bond acceptors (Lipinski definition) is 7. The van der Waals surface area contributed by atoms with E-state index in [1.807, 2.05) is 47.4 Å². The summed E-state index contributed by atoms with van der Waals surface area (Å²) >= 11 is 1.46. The molecule has 1 aliphatic heterocycles. The summed E-state index contributed by atoms with van der Waals surface area (Å²) < 4.78 is 4.56. The molecule has 0 saturated carbocycles. The van der Waals surface area contributed by atoms with Crippen molar-refractivity contribution >= 4 is 29.6 Å². The highest BCUT2D eigenvalue weighted by Crippen LogP contribution is 2.24. The number of thioether (sulfide) groups is 1. The molecular weight excluding hydrogens is 378 g/mol. The van der Waals surface area contributed by atoms with Crippen LogP contribution in [-0.2, 0) is 17.8 Å². The normalized spacial score (nSPS) is 13.8. The highest BCUT2D eigenvalue weighted by molar-refractivity contribution is 7.98. The van der Waals surface area contributed by atoms with Gasteiger partial charge in [-0.3, -0.25) is 4.79 Å². The lowest BCUT2D eigenvalue weighted by atomic mass is 10.1. The molecule has 0 aliphatic carbocycles. The van der Waals surface area contributed by atoms with E-state index < -0.39 is 6.09 Å². The molecule has 0 unspecified atom stereocenters. The smallest absolute Gasteiger partial charge is 0.407 e. The lowest BCUT2D eigenvalue weighted by Crippen LogP contribution is -2.33. The number of hydrogen-bond donors (Lipinski definition) is 1. The maximum atomic E-state index is 13.0. The number of likely N-dealkylation sites (N-methyl/N-ethyl adjacent to an activating group) is 1. The molecule has 0 radical (unpaired) electrons. The van der Waals surface area contributed by atoms with E-state index in [1.54, 1.807) is 6.20 Å². The van der Waals surface area contributed by atoms with Crippen LogP contribution < -0.4 is 10.2 Å². The van der Waals surface area contributed by atoms with Crippen molar-refractivity contribution in [1.29, 1.82) is 0 Å². The third-order valence-electron chi connectivity index (χ3n) is 4.53. The van der Waals surface area contributed by atoms with Gasteiger partial charge in [0.15, 0.2) is 5.16 Å². The van der Waals surface area contributed by atoms with Gasteiger partial charge in [-0.25, -0.2) is 14.8 Å². The first kappa shape index (κ1) is 19.9. The number of nitrogens with one attached hydrogen (secondary N) is 1. The maximum absolute atomic E-state index is 13.0. The van der Waals surface area contributed by atoms with Crippen molar-refractivity contribution in [2.75, 3.05) is 38.4 Å². The van der Waals surface area contributed by atoms with Crippen LogP contribution >= 0.6 is 11.8 Å². The molecule has 0 fully saturated rings. The molecule has 2 amide bonds. The second kappa shape index (κ2) is 8.92. The van der Waals surface area contributed by atoms with Gasteiger partial charge in [-0.1, -0.05) is 36.0 Å². The molecule has 0 spiro atoms. The molecule has 1 aromatic carbocycles. The minimum absolute atomic E-state index is 0.0663. The quantitative estimate of drug-likeness (QED) is 0.607. The van der Waals surface area contributed by atoms with Gasteiger partial charge >= 0.3 is 6.09 Å².